The number of ether oxygens (including phenoxy) is 1. The van der Waals surface area contributed by atoms with Crippen molar-refractivity contribution in [3.05, 3.63) is 42.0 Å². The molecular weight excluding hydrogens is 280 g/mol. The lowest BCUT2D eigenvalue weighted by atomic mass is 10.1. The van der Waals surface area contributed by atoms with Crippen molar-refractivity contribution in [3.63, 3.8) is 0 Å². The smallest absolute Gasteiger partial charge is 0.306 e. The third-order valence-corrected chi connectivity index (χ3v) is 3.11. The summed E-state index contributed by atoms with van der Waals surface area (Å²) in [5, 5.41) is 2.32. The molecule has 0 spiro atoms. The molecular formula is C15H15F2NO3. The van der Waals surface area contributed by atoms with Crippen molar-refractivity contribution in [2.75, 3.05) is 11.9 Å². The van der Waals surface area contributed by atoms with Crippen LogP contribution in [0.2, 0.25) is 0 Å². The molecule has 0 radical (unpaired) electrons. The highest BCUT2D eigenvalue weighted by Gasteiger charge is 2.16. The minimum absolute atomic E-state index is 0.105. The summed E-state index contributed by atoms with van der Waals surface area (Å²) >= 11 is 0. The number of carbonyl (C=O) groups is 2. The lowest BCUT2D eigenvalue weighted by Crippen LogP contribution is -2.21. The molecule has 0 saturated heterocycles. The molecule has 0 unspecified atom stereocenters. The highest BCUT2D eigenvalue weighted by molar-refractivity contribution is 5.92. The summed E-state index contributed by atoms with van der Waals surface area (Å²) in [6.07, 6.45) is 6.08. The van der Waals surface area contributed by atoms with E-state index in [0.717, 1.165) is 25.0 Å². The Hall–Kier alpha value is -2.24. The summed E-state index contributed by atoms with van der Waals surface area (Å²) in [6.45, 7) is -0.450. The van der Waals surface area contributed by atoms with Crippen LogP contribution in [0.25, 0.3) is 0 Å². The molecule has 1 aromatic rings. The number of nitrogens with one attached hydrogen (secondary N) is 1. The second kappa shape index (κ2) is 6.97. The lowest BCUT2D eigenvalue weighted by molar-refractivity contribution is -0.147. The van der Waals surface area contributed by atoms with Crippen LogP contribution < -0.4 is 5.32 Å². The molecule has 0 bridgehead atoms. The molecule has 4 nitrogen and oxygen atoms in total. The zero-order valence-corrected chi connectivity index (χ0v) is 11.3. The second-order valence-electron chi connectivity index (χ2n) is 4.81. The van der Waals surface area contributed by atoms with Crippen LogP contribution in [0.5, 0.6) is 0 Å². The van der Waals surface area contributed by atoms with Gasteiger partial charge in [0.2, 0.25) is 0 Å². The number of hydrogen-bond donors (Lipinski definition) is 1. The zero-order valence-electron chi connectivity index (χ0n) is 11.3. The minimum Gasteiger partial charge on any atom is -0.456 e. The lowest BCUT2D eigenvalue weighted by Gasteiger charge is -2.09. The quantitative estimate of drug-likeness (QED) is 0.671. The highest BCUT2D eigenvalue weighted by atomic mass is 19.2. The van der Waals surface area contributed by atoms with Gasteiger partial charge < -0.3 is 10.1 Å². The van der Waals surface area contributed by atoms with Gasteiger partial charge in [-0.15, -0.1) is 0 Å². The maximum Gasteiger partial charge on any atom is 0.306 e. The fraction of sp³-hybridized carbons (Fsp3) is 0.333. The molecule has 0 aliphatic heterocycles. The highest BCUT2D eigenvalue weighted by Crippen LogP contribution is 2.20. The summed E-state index contributed by atoms with van der Waals surface area (Å²) < 4.78 is 30.5. The molecule has 6 heteroatoms. The van der Waals surface area contributed by atoms with Gasteiger partial charge in [-0.25, -0.2) is 8.78 Å². The number of carbonyl (C=O) groups excluding carboxylic acids is 2. The van der Waals surface area contributed by atoms with Crippen LogP contribution in [0.3, 0.4) is 0 Å². The number of hydrogen-bond acceptors (Lipinski definition) is 3. The molecule has 1 amide bonds. The van der Waals surface area contributed by atoms with Gasteiger partial charge in [-0.05, 0) is 30.9 Å². The third-order valence-electron chi connectivity index (χ3n) is 3.11. The minimum atomic E-state index is -1.06. The number of benzene rings is 1. The number of esters is 1. The Kier molecular flexibility index (Phi) is 5.03. The molecule has 0 aromatic heterocycles. The van der Waals surface area contributed by atoms with Crippen molar-refractivity contribution in [3.8, 4) is 0 Å². The van der Waals surface area contributed by atoms with E-state index in [-0.39, 0.29) is 18.0 Å². The van der Waals surface area contributed by atoms with Gasteiger partial charge in [0.1, 0.15) is 0 Å². The Labute approximate surface area is 120 Å². The predicted octanol–water partition coefficient (Wildman–Crippen LogP) is 2.80. The first-order chi connectivity index (χ1) is 10.0. The van der Waals surface area contributed by atoms with E-state index < -0.39 is 30.1 Å². The van der Waals surface area contributed by atoms with Crippen molar-refractivity contribution >= 4 is 17.6 Å². The van der Waals surface area contributed by atoms with E-state index in [9.17, 15) is 18.4 Å². The predicted molar refractivity (Wildman–Crippen MR) is 72.4 cm³/mol. The largest absolute Gasteiger partial charge is 0.456 e. The van der Waals surface area contributed by atoms with Crippen LogP contribution in [0, 0.1) is 17.6 Å². The fourth-order valence-electron chi connectivity index (χ4n) is 2.06. The van der Waals surface area contributed by atoms with Gasteiger partial charge in [0, 0.05) is 11.8 Å². The van der Waals surface area contributed by atoms with Gasteiger partial charge >= 0.3 is 5.97 Å². The summed E-state index contributed by atoms with van der Waals surface area (Å²) in [6, 6.07) is 2.99. The van der Waals surface area contributed by atoms with E-state index in [0.29, 0.717) is 0 Å². The molecule has 0 heterocycles. The molecule has 21 heavy (non-hydrogen) atoms. The van der Waals surface area contributed by atoms with Crippen LogP contribution in [-0.2, 0) is 14.3 Å². The van der Waals surface area contributed by atoms with Crippen molar-refractivity contribution in [2.45, 2.75) is 19.3 Å². The van der Waals surface area contributed by atoms with Gasteiger partial charge in [0.25, 0.3) is 5.91 Å². The first kappa shape index (κ1) is 15.2. The van der Waals surface area contributed by atoms with Crippen LogP contribution in [-0.4, -0.2) is 18.5 Å². The van der Waals surface area contributed by atoms with E-state index in [1.807, 2.05) is 12.2 Å². The van der Waals surface area contributed by atoms with E-state index in [4.69, 9.17) is 4.74 Å². The molecule has 112 valence electrons. The number of amides is 1. The average molecular weight is 295 g/mol. The summed E-state index contributed by atoms with van der Waals surface area (Å²) in [5.41, 5.74) is 0.105. The van der Waals surface area contributed by atoms with Crippen molar-refractivity contribution in [1.29, 1.82) is 0 Å². The standard InChI is InChI=1S/C15H15F2NO3/c16-12-6-5-11(8-13(12)17)18-14(19)9-21-15(20)7-10-3-1-2-4-10/h1,3,5-6,8,10H,2,4,7,9H2,(H,18,19)/t10-/m0/s1. The normalized spacial score (nSPS) is 16.8. The molecule has 1 aliphatic carbocycles. The second-order valence-corrected chi connectivity index (χ2v) is 4.81. The van der Waals surface area contributed by atoms with E-state index in [2.05, 4.69) is 5.32 Å². The molecule has 1 aliphatic rings. The van der Waals surface area contributed by atoms with Crippen LogP contribution in [0.1, 0.15) is 19.3 Å². The molecule has 1 N–H and O–H groups in total. The van der Waals surface area contributed by atoms with Gasteiger partial charge in [0.05, 0.1) is 6.42 Å². The topological polar surface area (TPSA) is 55.4 Å². The first-order valence-electron chi connectivity index (χ1n) is 6.62. The average Bonchev–Trinajstić information content (AvgIpc) is 2.93. The first-order valence-corrected chi connectivity index (χ1v) is 6.62. The van der Waals surface area contributed by atoms with E-state index >= 15 is 0 Å². The van der Waals surface area contributed by atoms with E-state index in [1.54, 1.807) is 0 Å². The maximum atomic E-state index is 13.0. The summed E-state index contributed by atoms with van der Waals surface area (Å²) in [7, 11) is 0. The van der Waals surface area contributed by atoms with Crippen LogP contribution >= 0.6 is 0 Å². The molecule has 1 atom stereocenters. The molecule has 0 fully saturated rings. The van der Waals surface area contributed by atoms with Crippen molar-refractivity contribution < 1.29 is 23.1 Å². The van der Waals surface area contributed by atoms with Gasteiger partial charge in [-0.1, -0.05) is 12.2 Å². The van der Waals surface area contributed by atoms with Gasteiger partial charge in [-0.2, -0.15) is 0 Å². The number of allylic oxidation sites excluding steroid dienone is 2. The Bertz CT molecular complexity index is 572. The van der Waals surface area contributed by atoms with Crippen LogP contribution in [0.15, 0.2) is 30.4 Å². The van der Waals surface area contributed by atoms with Gasteiger partial charge in [-0.3, -0.25) is 9.59 Å². The molecule has 1 aromatic carbocycles. The van der Waals surface area contributed by atoms with Gasteiger partial charge in [0.15, 0.2) is 18.2 Å². The Morgan fingerprint density at radius 1 is 1.29 bits per heavy atom. The summed E-state index contributed by atoms with van der Waals surface area (Å²) in [5.74, 6) is -2.93. The monoisotopic (exact) mass is 295 g/mol. The van der Waals surface area contributed by atoms with Crippen molar-refractivity contribution in [1.82, 2.24) is 0 Å². The summed E-state index contributed by atoms with van der Waals surface area (Å²) in [4.78, 5) is 23.0. The third kappa shape index (κ3) is 4.66. The Morgan fingerprint density at radius 3 is 2.76 bits per heavy atom. The molecule has 2 rings (SSSR count). The number of rotatable bonds is 5. The van der Waals surface area contributed by atoms with Crippen LogP contribution in [0.4, 0.5) is 14.5 Å². The fourth-order valence-corrected chi connectivity index (χ4v) is 2.06. The Morgan fingerprint density at radius 2 is 2.10 bits per heavy atom. The number of halogens is 2. The SMILES string of the molecule is O=C(COC(=O)C[C@H]1C=CCC1)Nc1ccc(F)c(F)c1. The Balaban J connectivity index is 1.75. The van der Waals surface area contributed by atoms with E-state index in [1.165, 1.54) is 6.07 Å². The maximum absolute atomic E-state index is 13.0. The number of anilines is 1. The van der Waals surface area contributed by atoms with Crippen molar-refractivity contribution in [2.24, 2.45) is 5.92 Å². The molecule has 0 saturated carbocycles. The zero-order chi connectivity index (χ0) is 15.2.